The molecule has 120 valence electrons. The number of oxime groups is 1. The van der Waals surface area contributed by atoms with E-state index in [0.29, 0.717) is 12.8 Å². The van der Waals surface area contributed by atoms with Crippen LogP contribution in [0.2, 0.25) is 0 Å². The van der Waals surface area contributed by atoms with Crippen molar-refractivity contribution >= 4 is 11.7 Å². The maximum Gasteiger partial charge on any atom is 0.234 e. The van der Waals surface area contributed by atoms with E-state index in [0.717, 1.165) is 25.7 Å². The Morgan fingerprint density at radius 1 is 1.33 bits per heavy atom. The molecule has 2 aliphatic carbocycles. The van der Waals surface area contributed by atoms with Gasteiger partial charge in [-0.15, -0.1) is 0 Å². The molecule has 0 aromatic heterocycles. The third-order valence-corrected chi connectivity index (χ3v) is 5.51. The molecule has 0 radical (unpaired) electrons. The van der Waals surface area contributed by atoms with Gasteiger partial charge in [0, 0.05) is 18.6 Å². The first kappa shape index (κ1) is 16.1. The molecular weight excluding hydrogens is 270 g/mol. The highest BCUT2D eigenvalue weighted by molar-refractivity contribution is 6.07. The molecular formula is C15H27N3O3. The van der Waals surface area contributed by atoms with Gasteiger partial charge in [-0.3, -0.25) is 4.79 Å². The van der Waals surface area contributed by atoms with E-state index >= 15 is 0 Å². The van der Waals surface area contributed by atoms with Gasteiger partial charge in [-0.2, -0.15) is 0 Å². The van der Waals surface area contributed by atoms with Crippen LogP contribution in [-0.2, 0) is 9.53 Å². The summed E-state index contributed by atoms with van der Waals surface area (Å²) >= 11 is 0. The molecule has 0 aromatic carbocycles. The van der Waals surface area contributed by atoms with E-state index < -0.39 is 5.41 Å². The zero-order chi connectivity index (χ0) is 15.7. The molecule has 2 rings (SSSR count). The van der Waals surface area contributed by atoms with Crippen LogP contribution in [0.5, 0.6) is 0 Å². The number of carbonyl (C=O) groups is 1. The van der Waals surface area contributed by atoms with Gasteiger partial charge in [0.15, 0.2) is 5.84 Å². The van der Waals surface area contributed by atoms with Crippen molar-refractivity contribution in [2.24, 2.45) is 21.7 Å². The van der Waals surface area contributed by atoms with Crippen molar-refractivity contribution in [3.8, 4) is 0 Å². The number of ether oxygens (including phenoxy) is 1. The van der Waals surface area contributed by atoms with Crippen LogP contribution < -0.4 is 11.1 Å². The lowest BCUT2D eigenvalue weighted by Gasteiger charge is -2.52. The summed E-state index contributed by atoms with van der Waals surface area (Å²) in [5, 5.41) is 15.3. The monoisotopic (exact) mass is 297 g/mol. The smallest absolute Gasteiger partial charge is 0.234 e. The van der Waals surface area contributed by atoms with Gasteiger partial charge in [-0.25, -0.2) is 0 Å². The predicted molar refractivity (Wildman–Crippen MR) is 80.1 cm³/mol. The SMILES string of the molecule is COC1CC(NC(=O)C2(C(N)=NO)CCCCC2)C1(C)C. The molecule has 6 heteroatoms. The van der Waals surface area contributed by atoms with E-state index in [1.54, 1.807) is 7.11 Å². The highest BCUT2D eigenvalue weighted by atomic mass is 16.5. The molecule has 1 amide bonds. The number of hydrogen-bond acceptors (Lipinski definition) is 4. The normalized spacial score (nSPS) is 31.3. The second-order valence-corrected chi connectivity index (χ2v) is 6.94. The van der Waals surface area contributed by atoms with Crippen LogP contribution in [0.1, 0.15) is 52.4 Å². The quantitative estimate of drug-likeness (QED) is 0.318. The molecule has 2 aliphatic rings. The highest BCUT2D eigenvalue weighted by Crippen LogP contribution is 2.44. The van der Waals surface area contributed by atoms with Gasteiger partial charge in [-0.1, -0.05) is 38.3 Å². The van der Waals surface area contributed by atoms with Crippen molar-refractivity contribution in [1.29, 1.82) is 0 Å². The Kier molecular flexibility index (Phi) is 4.46. The number of amides is 1. The Morgan fingerprint density at radius 3 is 2.43 bits per heavy atom. The molecule has 4 N–H and O–H groups in total. The average molecular weight is 297 g/mol. The second kappa shape index (κ2) is 5.83. The van der Waals surface area contributed by atoms with Crippen molar-refractivity contribution in [2.75, 3.05) is 7.11 Å². The lowest BCUT2D eigenvalue weighted by atomic mass is 9.63. The van der Waals surface area contributed by atoms with Crippen molar-refractivity contribution in [3.05, 3.63) is 0 Å². The maximum absolute atomic E-state index is 12.8. The Balaban J connectivity index is 2.10. The summed E-state index contributed by atoms with van der Waals surface area (Å²) in [5.41, 5.74) is 4.92. The Bertz CT molecular complexity index is 428. The first-order valence-corrected chi connectivity index (χ1v) is 7.70. The van der Waals surface area contributed by atoms with Gasteiger partial charge < -0.3 is 21.0 Å². The van der Waals surface area contributed by atoms with Gasteiger partial charge in [0.25, 0.3) is 0 Å². The van der Waals surface area contributed by atoms with Crippen LogP contribution in [0.3, 0.4) is 0 Å². The molecule has 2 unspecified atom stereocenters. The number of nitrogens with two attached hydrogens (primary N) is 1. The summed E-state index contributed by atoms with van der Waals surface area (Å²) in [4.78, 5) is 12.8. The van der Waals surface area contributed by atoms with Crippen LogP contribution in [-0.4, -0.2) is 36.2 Å². The number of rotatable bonds is 4. The number of amidine groups is 1. The standard InChI is InChI=1S/C15H27N3O3/c1-14(2)10(9-11(14)21-3)17-13(19)15(12(16)18-20)7-5-4-6-8-15/h10-11,20H,4-9H2,1-3H3,(H2,16,18)(H,17,19). The minimum atomic E-state index is -0.846. The fraction of sp³-hybridized carbons (Fsp3) is 0.867. The van der Waals surface area contributed by atoms with Crippen LogP contribution in [0, 0.1) is 10.8 Å². The van der Waals surface area contributed by atoms with Crippen LogP contribution in [0.4, 0.5) is 0 Å². The Morgan fingerprint density at radius 2 is 1.95 bits per heavy atom. The summed E-state index contributed by atoms with van der Waals surface area (Å²) in [6.07, 6.45) is 5.21. The maximum atomic E-state index is 12.8. The molecule has 0 aromatic rings. The van der Waals surface area contributed by atoms with E-state index in [-0.39, 0.29) is 29.3 Å². The molecule has 0 aliphatic heterocycles. The molecule has 0 heterocycles. The number of carbonyl (C=O) groups excluding carboxylic acids is 1. The van der Waals surface area contributed by atoms with Crippen molar-refractivity contribution in [2.45, 2.75) is 64.5 Å². The molecule has 2 saturated carbocycles. The van der Waals surface area contributed by atoms with Crippen LogP contribution in [0.25, 0.3) is 0 Å². The molecule has 0 spiro atoms. The summed E-state index contributed by atoms with van der Waals surface area (Å²) in [7, 11) is 1.70. The first-order chi connectivity index (χ1) is 9.88. The topological polar surface area (TPSA) is 96.9 Å². The molecule has 0 saturated heterocycles. The van der Waals surface area contributed by atoms with Crippen LogP contribution >= 0.6 is 0 Å². The van der Waals surface area contributed by atoms with Gasteiger partial charge in [0.05, 0.1) is 6.10 Å². The first-order valence-electron chi connectivity index (χ1n) is 7.70. The molecule has 0 bridgehead atoms. The fourth-order valence-electron chi connectivity index (χ4n) is 3.68. The Hall–Kier alpha value is -1.30. The largest absolute Gasteiger partial charge is 0.409 e. The minimum absolute atomic E-state index is 0.0418. The van der Waals surface area contributed by atoms with Crippen molar-refractivity contribution < 1.29 is 14.7 Å². The zero-order valence-electron chi connectivity index (χ0n) is 13.2. The van der Waals surface area contributed by atoms with E-state index in [1.807, 2.05) is 0 Å². The number of nitrogens with zero attached hydrogens (tertiary/aromatic N) is 1. The summed E-state index contributed by atoms with van der Waals surface area (Å²) in [6.45, 7) is 4.18. The summed E-state index contributed by atoms with van der Waals surface area (Å²) in [5.74, 6) is -0.0646. The van der Waals surface area contributed by atoms with Crippen molar-refractivity contribution in [3.63, 3.8) is 0 Å². The third-order valence-electron chi connectivity index (χ3n) is 5.51. The van der Waals surface area contributed by atoms with E-state index in [1.165, 1.54) is 0 Å². The van der Waals surface area contributed by atoms with E-state index in [9.17, 15) is 4.79 Å². The Labute approximate surface area is 126 Å². The summed E-state index contributed by atoms with van der Waals surface area (Å²) in [6, 6.07) is 0.0697. The third kappa shape index (κ3) is 2.61. The van der Waals surface area contributed by atoms with Gasteiger partial charge in [0.1, 0.15) is 5.41 Å². The van der Waals surface area contributed by atoms with Crippen LogP contribution in [0.15, 0.2) is 5.16 Å². The molecule has 2 fully saturated rings. The average Bonchev–Trinajstić information content (AvgIpc) is 2.50. The zero-order valence-corrected chi connectivity index (χ0v) is 13.2. The molecule has 21 heavy (non-hydrogen) atoms. The number of methoxy groups -OCH3 is 1. The minimum Gasteiger partial charge on any atom is -0.409 e. The van der Waals surface area contributed by atoms with Gasteiger partial charge >= 0.3 is 0 Å². The molecule has 6 nitrogen and oxygen atoms in total. The molecule has 2 atom stereocenters. The van der Waals surface area contributed by atoms with Crippen molar-refractivity contribution in [1.82, 2.24) is 5.32 Å². The lowest BCUT2D eigenvalue weighted by molar-refractivity contribution is -0.139. The number of nitrogens with one attached hydrogen (secondary N) is 1. The number of hydrogen-bond donors (Lipinski definition) is 3. The summed E-state index contributed by atoms with van der Waals surface area (Å²) < 4.78 is 5.41. The van der Waals surface area contributed by atoms with E-state index in [4.69, 9.17) is 15.7 Å². The predicted octanol–water partition coefficient (Wildman–Crippen LogP) is 1.61. The lowest BCUT2D eigenvalue weighted by Crippen LogP contribution is -2.64. The second-order valence-electron chi connectivity index (χ2n) is 6.94. The van der Waals surface area contributed by atoms with E-state index in [2.05, 4.69) is 24.3 Å². The highest BCUT2D eigenvalue weighted by Gasteiger charge is 2.52. The fourth-order valence-corrected chi connectivity index (χ4v) is 3.68. The van der Waals surface area contributed by atoms with Gasteiger partial charge in [0.2, 0.25) is 5.91 Å². The van der Waals surface area contributed by atoms with Gasteiger partial charge in [-0.05, 0) is 19.3 Å².